The monoisotopic (exact) mass is 228 g/mol. The first-order valence-corrected chi connectivity index (χ1v) is 5.73. The van der Waals surface area contributed by atoms with Crippen molar-refractivity contribution in [2.24, 2.45) is 0 Å². The summed E-state index contributed by atoms with van der Waals surface area (Å²) in [5.41, 5.74) is 1.72. The summed E-state index contributed by atoms with van der Waals surface area (Å²) in [6.07, 6.45) is 5.97. The predicted octanol–water partition coefficient (Wildman–Crippen LogP) is 2.73. The van der Waals surface area contributed by atoms with Gasteiger partial charge in [0, 0.05) is 6.20 Å². The van der Waals surface area contributed by atoms with Crippen molar-refractivity contribution in [1.82, 2.24) is 14.8 Å². The van der Waals surface area contributed by atoms with Crippen molar-refractivity contribution in [3.63, 3.8) is 0 Å². The number of hydrogen-bond donors (Lipinski definition) is 0. The zero-order valence-electron chi connectivity index (χ0n) is 10.4. The predicted molar refractivity (Wildman–Crippen MR) is 66.8 cm³/mol. The Morgan fingerprint density at radius 1 is 1.29 bits per heavy atom. The highest BCUT2D eigenvalue weighted by Gasteiger charge is 2.00. The highest BCUT2D eigenvalue weighted by atomic mass is 15.3. The smallest absolute Gasteiger partial charge is 0.153 e. The van der Waals surface area contributed by atoms with E-state index in [1.807, 2.05) is 38.2 Å². The van der Waals surface area contributed by atoms with Crippen LogP contribution >= 0.6 is 0 Å². The minimum absolute atomic E-state index is 0.538. The molecule has 0 saturated carbocycles. The Balaban J connectivity index is 0.000000686. The topological polar surface area (TPSA) is 54.5 Å². The van der Waals surface area contributed by atoms with Crippen LogP contribution in [0.3, 0.4) is 0 Å². The lowest BCUT2D eigenvalue weighted by molar-refractivity contribution is 0.843. The third-order valence-corrected chi connectivity index (χ3v) is 2.16. The first kappa shape index (κ1) is 12.9. The van der Waals surface area contributed by atoms with Crippen LogP contribution in [0.15, 0.2) is 30.7 Å². The molecule has 0 amide bonds. The summed E-state index contributed by atoms with van der Waals surface area (Å²) in [5.74, 6) is 0.730. The van der Waals surface area contributed by atoms with E-state index in [0.717, 1.165) is 12.2 Å². The molecule has 0 fully saturated rings. The van der Waals surface area contributed by atoms with E-state index in [9.17, 15) is 0 Å². The summed E-state index contributed by atoms with van der Waals surface area (Å²) in [4.78, 5) is 4.26. The molecule has 2 aromatic heterocycles. The van der Waals surface area contributed by atoms with Gasteiger partial charge in [-0.15, -0.1) is 0 Å². The van der Waals surface area contributed by atoms with Crippen LogP contribution in [0.25, 0.3) is 5.82 Å². The van der Waals surface area contributed by atoms with E-state index in [1.165, 1.54) is 11.8 Å². The number of hydrogen-bond acceptors (Lipinski definition) is 3. The number of nitrogens with zero attached hydrogens (tertiary/aromatic N) is 4. The van der Waals surface area contributed by atoms with E-state index in [4.69, 9.17) is 5.26 Å². The quantitative estimate of drug-likeness (QED) is 0.794. The van der Waals surface area contributed by atoms with E-state index in [-0.39, 0.29) is 0 Å². The fraction of sp³-hybridized carbons (Fsp3) is 0.308. The minimum Gasteiger partial charge on any atom is -0.237 e. The van der Waals surface area contributed by atoms with Gasteiger partial charge in [-0.2, -0.15) is 10.4 Å². The van der Waals surface area contributed by atoms with Crippen LogP contribution in [-0.2, 0) is 6.42 Å². The van der Waals surface area contributed by atoms with Crippen molar-refractivity contribution in [2.45, 2.75) is 27.2 Å². The molecule has 4 nitrogen and oxygen atoms in total. The SMILES string of the molecule is CC.CCc1ccc(-n2cc(C#N)cn2)nc1. The van der Waals surface area contributed by atoms with Gasteiger partial charge in [-0.1, -0.05) is 26.8 Å². The Kier molecular flexibility index (Phi) is 4.89. The summed E-state index contributed by atoms with van der Waals surface area (Å²) in [5, 5.41) is 12.7. The first-order valence-electron chi connectivity index (χ1n) is 5.73. The van der Waals surface area contributed by atoms with E-state index in [0.29, 0.717) is 5.56 Å². The molecule has 2 heterocycles. The van der Waals surface area contributed by atoms with Crippen LogP contribution in [-0.4, -0.2) is 14.8 Å². The molecule has 4 heteroatoms. The molecule has 0 atom stereocenters. The lowest BCUT2D eigenvalue weighted by atomic mass is 10.2. The maximum atomic E-state index is 8.66. The number of nitriles is 1. The van der Waals surface area contributed by atoms with Gasteiger partial charge in [-0.05, 0) is 18.1 Å². The van der Waals surface area contributed by atoms with Crippen LogP contribution < -0.4 is 0 Å². The van der Waals surface area contributed by atoms with Gasteiger partial charge in [0.25, 0.3) is 0 Å². The van der Waals surface area contributed by atoms with E-state index >= 15 is 0 Å². The summed E-state index contributed by atoms with van der Waals surface area (Å²) in [6, 6.07) is 5.93. The zero-order chi connectivity index (χ0) is 12.7. The van der Waals surface area contributed by atoms with Gasteiger partial charge >= 0.3 is 0 Å². The van der Waals surface area contributed by atoms with Gasteiger partial charge in [0.15, 0.2) is 5.82 Å². The Morgan fingerprint density at radius 3 is 2.53 bits per heavy atom. The molecule has 2 aromatic rings. The first-order chi connectivity index (χ1) is 8.33. The Labute approximate surface area is 102 Å². The largest absolute Gasteiger partial charge is 0.237 e. The Morgan fingerprint density at radius 2 is 2.06 bits per heavy atom. The summed E-state index contributed by atoms with van der Waals surface area (Å²) >= 11 is 0. The lowest BCUT2D eigenvalue weighted by Crippen LogP contribution is -1.97. The molecule has 0 saturated heterocycles. The molecule has 0 aromatic carbocycles. The van der Waals surface area contributed by atoms with E-state index in [2.05, 4.69) is 17.0 Å². The van der Waals surface area contributed by atoms with Gasteiger partial charge in [0.05, 0.1) is 18.0 Å². The Hall–Kier alpha value is -2.15. The van der Waals surface area contributed by atoms with Crippen LogP contribution in [0.4, 0.5) is 0 Å². The maximum Gasteiger partial charge on any atom is 0.153 e. The molecule has 17 heavy (non-hydrogen) atoms. The molecule has 0 radical (unpaired) electrons. The highest BCUT2D eigenvalue weighted by molar-refractivity contribution is 5.29. The van der Waals surface area contributed by atoms with Gasteiger partial charge in [-0.25, -0.2) is 9.67 Å². The number of pyridine rings is 1. The fourth-order valence-corrected chi connectivity index (χ4v) is 1.27. The van der Waals surface area contributed by atoms with E-state index in [1.54, 1.807) is 10.9 Å². The third kappa shape index (κ3) is 3.15. The molecule has 0 spiro atoms. The van der Waals surface area contributed by atoms with Crippen LogP contribution in [0.1, 0.15) is 31.9 Å². The summed E-state index contributed by atoms with van der Waals surface area (Å²) < 4.78 is 1.60. The average molecular weight is 228 g/mol. The van der Waals surface area contributed by atoms with Crippen LogP contribution in [0.2, 0.25) is 0 Å². The number of aryl methyl sites for hydroxylation is 1. The molecular formula is C13H16N4. The molecular weight excluding hydrogens is 212 g/mol. The highest BCUT2D eigenvalue weighted by Crippen LogP contribution is 2.06. The standard InChI is InChI=1S/C11H10N4.C2H6/c1-2-9-3-4-11(13-6-9)15-8-10(5-12)7-14-15;1-2/h3-4,6-8H,2H2,1H3;1-2H3. The molecule has 0 aliphatic rings. The average Bonchev–Trinajstić information content (AvgIpc) is 2.90. The summed E-state index contributed by atoms with van der Waals surface area (Å²) in [7, 11) is 0. The fourth-order valence-electron chi connectivity index (χ4n) is 1.27. The second-order valence-electron chi connectivity index (χ2n) is 3.16. The second kappa shape index (κ2) is 6.44. The molecule has 0 aliphatic carbocycles. The molecule has 0 unspecified atom stereocenters. The normalized spacial score (nSPS) is 9.06. The molecule has 88 valence electrons. The van der Waals surface area contributed by atoms with Crippen molar-refractivity contribution in [2.75, 3.05) is 0 Å². The number of rotatable bonds is 2. The van der Waals surface area contributed by atoms with Crippen molar-refractivity contribution in [3.8, 4) is 11.9 Å². The minimum atomic E-state index is 0.538. The number of aromatic nitrogens is 3. The van der Waals surface area contributed by atoms with Gasteiger partial charge in [0.2, 0.25) is 0 Å². The van der Waals surface area contributed by atoms with Crippen molar-refractivity contribution < 1.29 is 0 Å². The second-order valence-corrected chi connectivity index (χ2v) is 3.16. The maximum absolute atomic E-state index is 8.66. The zero-order valence-corrected chi connectivity index (χ0v) is 10.4. The van der Waals surface area contributed by atoms with Gasteiger partial charge < -0.3 is 0 Å². The van der Waals surface area contributed by atoms with Crippen molar-refractivity contribution in [1.29, 1.82) is 5.26 Å². The molecule has 0 N–H and O–H groups in total. The molecule has 0 aliphatic heterocycles. The Bertz CT molecular complexity index is 491. The van der Waals surface area contributed by atoms with Crippen molar-refractivity contribution in [3.05, 3.63) is 41.9 Å². The third-order valence-electron chi connectivity index (χ3n) is 2.16. The van der Waals surface area contributed by atoms with E-state index < -0.39 is 0 Å². The van der Waals surface area contributed by atoms with Gasteiger partial charge in [0.1, 0.15) is 6.07 Å². The molecule has 0 bridgehead atoms. The van der Waals surface area contributed by atoms with Crippen molar-refractivity contribution >= 4 is 0 Å². The van der Waals surface area contributed by atoms with Crippen LogP contribution in [0, 0.1) is 11.3 Å². The van der Waals surface area contributed by atoms with Crippen LogP contribution in [0.5, 0.6) is 0 Å². The van der Waals surface area contributed by atoms with Gasteiger partial charge in [-0.3, -0.25) is 0 Å². The molecule has 2 rings (SSSR count). The lowest BCUT2D eigenvalue weighted by Gasteiger charge is -2.00. The summed E-state index contributed by atoms with van der Waals surface area (Å²) in [6.45, 7) is 6.08.